The summed E-state index contributed by atoms with van der Waals surface area (Å²) in [6, 6.07) is 11.9. The Kier molecular flexibility index (Phi) is 6.95. The molecule has 0 amide bonds. The van der Waals surface area contributed by atoms with Gasteiger partial charge < -0.3 is 9.30 Å². The average Bonchev–Trinajstić information content (AvgIpc) is 2.94. The van der Waals surface area contributed by atoms with E-state index in [1.165, 1.54) is 0 Å². The van der Waals surface area contributed by atoms with Crippen molar-refractivity contribution in [1.29, 1.82) is 5.26 Å². The van der Waals surface area contributed by atoms with Gasteiger partial charge in [0.1, 0.15) is 12.4 Å². The first kappa shape index (κ1) is 17.4. The predicted octanol–water partition coefficient (Wildman–Crippen LogP) is 3.91. The lowest BCUT2D eigenvalue weighted by atomic mass is 10.1. The van der Waals surface area contributed by atoms with Gasteiger partial charge in [-0.15, -0.1) is 10.2 Å². The molecular formula is C17H22N4OS. The molecule has 0 saturated carbocycles. The number of para-hydroxylation sites is 1. The highest BCUT2D eigenvalue weighted by Gasteiger charge is 2.13. The van der Waals surface area contributed by atoms with E-state index in [2.05, 4.69) is 34.7 Å². The Morgan fingerprint density at radius 1 is 1.26 bits per heavy atom. The fraction of sp³-hybridized carbons (Fsp3) is 0.471. The van der Waals surface area contributed by atoms with Gasteiger partial charge >= 0.3 is 0 Å². The molecule has 0 bridgehead atoms. The zero-order valence-corrected chi connectivity index (χ0v) is 14.4. The third-order valence-corrected chi connectivity index (χ3v) is 4.25. The van der Waals surface area contributed by atoms with Gasteiger partial charge in [-0.25, -0.2) is 0 Å². The van der Waals surface area contributed by atoms with E-state index < -0.39 is 0 Å². The van der Waals surface area contributed by atoms with Crippen molar-refractivity contribution in [2.45, 2.75) is 45.0 Å². The molecule has 6 heteroatoms. The average molecular weight is 330 g/mol. The fourth-order valence-electron chi connectivity index (χ4n) is 2.00. The Labute approximate surface area is 141 Å². The van der Waals surface area contributed by atoms with Crippen LogP contribution in [0.3, 0.4) is 0 Å². The van der Waals surface area contributed by atoms with Gasteiger partial charge in [-0.2, -0.15) is 5.26 Å². The molecule has 1 aromatic carbocycles. The molecule has 0 atom stereocenters. The Balaban J connectivity index is 2.05. The first-order valence-corrected chi connectivity index (χ1v) is 8.79. The van der Waals surface area contributed by atoms with Crippen LogP contribution in [0.15, 0.2) is 35.5 Å². The predicted molar refractivity (Wildman–Crippen MR) is 91.2 cm³/mol. The summed E-state index contributed by atoms with van der Waals surface area (Å²) < 4.78 is 7.91. The van der Waals surface area contributed by atoms with E-state index in [0.717, 1.165) is 35.4 Å². The van der Waals surface area contributed by atoms with Gasteiger partial charge in [0, 0.05) is 18.7 Å². The summed E-state index contributed by atoms with van der Waals surface area (Å²) >= 11 is 1.58. The van der Waals surface area contributed by atoms with E-state index in [1.54, 1.807) is 11.8 Å². The van der Waals surface area contributed by atoms with Crippen LogP contribution in [-0.4, -0.2) is 20.5 Å². The van der Waals surface area contributed by atoms with Gasteiger partial charge in [0.15, 0.2) is 11.0 Å². The van der Waals surface area contributed by atoms with Crippen LogP contribution in [0.5, 0.6) is 5.75 Å². The molecule has 0 aliphatic carbocycles. The third kappa shape index (κ3) is 5.61. The second kappa shape index (κ2) is 9.21. The molecule has 0 aliphatic rings. The van der Waals surface area contributed by atoms with Gasteiger partial charge in [-0.3, -0.25) is 0 Å². The first-order valence-electron chi connectivity index (χ1n) is 7.80. The summed E-state index contributed by atoms with van der Waals surface area (Å²) in [5.41, 5.74) is 0. The lowest BCUT2D eigenvalue weighted by molar-refractivity contribution is 0.285. The maximum atomic E-state index is 8.68. The number of rotatable bonds is 9. The maximum Gasteiger partial charge on any atom is 0.191 e. The van der Waals surface area contributed by atoms with Crippen molar-refractivity contribution in [1.82, 2.24) is 14.8 Å². The summed E-state index contributed by atoms with van der Waals surface area (Å²) in [6.07, 6.45) is 1.57. The van der Waals surface area contributed by atoms with E-state index >= 15 is 0 Å². The highest BCUT2D eigenvalue weighted by molar-refractivity contribution is 7.99. The number of ether oxygens (including phenoxy) is 1. The molecule has 5 nitrogen and oxygen atoms in total. The van der Waals surface area contributed by atoms with Gasteiger partial charge in [0.05, 0.1) is 6.07 Å². The monoisotopic (exact) mass is 330 g/mol. The van der Waals surface area contributed by atoms with Crippen molar-refractivity contribution in [2.75, 3.05) is 5.75 Å². The van der Waals surface area contributed by atoms with Crippen LogP contribution in [0.25, 0.3) is 0 Å². The van der Waals surface area contributed by atoms with Crippen molar-refractivity contribution in [3.05, 3.63) is 36.2 Å². The standard InChI is InChI=1S/C17H22N4OS/c1-14(2)9-11-21-16(13-22-15-7-4-3-5-8-15)19-20-17(21)23-12-6-10-18/h3-5,7-8,14H,6,9,11-13H2,1-2H3. The molecule has 23 heavy (non-hydrogen) atoms. The van der Waals surface area contributed by atoms with Crippen molar-refractivity contribution < 1.29 is 4.74 Å². The SMILES string of the molecule is CC(C)CCn1c(COc2ccccc2)nnc1SCCC#N. The van der Waals surface area contributed by atoms with Crippen molar-refractivity contribution in [2.24, 2.45) is 5.92 Å². The lowest BCUT2D eigenvalue weighted by Gasteiger charge is -2.12. The number of hydrogen-bond donors (Lipinski definition) is 0. The minimum atomic E-state index is 0.397. The normalized spacial score (nSPS) is 10.7. The Bertz CT molecular complexity index is 634. The third-order valence-electron chi connectivity index (χ3n) is 3.28. The van der Waals surface area contributed by atoms with Gasteiger partial charge in [0.25, 0.3) is 0 Å². The minimum absolute atomic E-state index is 0.397. The molecule has 2 aromatic rings. The van der Waals surface area contributed by atoms with Crippen molar-refractivity contribution >= 4 is 11.8 Å². The molecule has 0 N–H and O–H groups in total. The highest BCUT2D eigenvalue weighted by Crippen LogP contribution is 2.20. The molecule has 2 rings (SSSR count). The van der Waals surface area contributed by atoms with E-state index in [1.807, 2.05) is 30.3 Å². The largest absolute Gasteiger partial charge is 0.486 e. The molecule has 1 aromatic heterocycles. The summed E-state index contributed by atoms with van der Waals surface area (Å²) in [6.45, 7) is 5.67. The van der Waals surface area contributed by atoms with Crippen LogP contribution in [0, 0.1) is 17.2 Å². The van der Waals surface area contributed by atoms with Gasteiger partial charge in [-0.05, 0) is 24.5 Å². The van der Waals surface area contributed by atoms with E-state index in [-0.39, 0.29) is 0 Å². The number of hydrogen-bond acceptors (Lipinski definition) is 5. The summed E-state index contributed by atoms with van der Waals surface area (Å²) in [4.78, 5) is 0. The van der Waals surface area contributed by atoms with Crippen LogP contribution >= 0.6 is 11.8 Å². The Morgan fingerprint density at radius 3 is 2.74 bits per heavy atom. The highest BCUT2D eigenvalue weighted by atomic mass is 32.2. The number of nitrogens with zero attached hydrogens (tertiary/aromatic N) is 4. The molecule has 1 heterocycles. The number of benzene rings is 1. The van der Waals surface area contributed by atoms with Crippen LogP contribution in [0.4, 0.5) is 0 Å². The topological polar surface area (TPSA) is 63.7 Å². The zero-order chi connectivity index (χ0) is 16.5. The molecule has 0 unspecified atom stereocenters. The fourth-order valence-corrected chi connectivity index (χ4v) is 2.82. The lowest BCUT2D eigenvalue weighted by Crippen LogP contribution is -2.10. The Hall–Kier alpha value is -2.00. The number of nitriles is 1. The Morgan fingerprint density at radius 2 is 2.04 bits per heavy atom. The minimum Gasteiger partial charge on any atom is -0.486 e. The summed E-state index contributed by atoms with van der Waals surface area (Å²) in [5, 5.41) is 18.1. The smallest absolute Gasteiger partial charge is 0.191 e. The summed E-state index contributed by atoms with van der Waals surface area (Å²) in [5.74, 6) is 2.99. The van der Waals surface area contributed by atoms with E-state index in [9.17, 15) is 0 Å². The molecule has 0 fully saturated rings. The second-order valence-corrected chi connectivity index (χ2v) is 6.65. The van der Waals surface area contributed by atoms with Crippen LogP contribution < -0.4 is 4.74 Å². The van der Waals surface area contributed by atoms with Crippen molar-refractivity contribution in [3.63, 3.8) is 0 Å². The second-order valence-electron chi connectivity index (χ2n) is 5.59. The number of aromatic nitrogens is 3. The first-order chi connectivity index (χ1) is 11.2. The van der Waals surface area contributed by atoms with E-state index in [0.29, 0.717) is 18.9 Å². The molecule has 122 valence electrons. The molecule has 0 radical (unpaired) electrons. The number of thioether (sulfide) groups is 1. The quantitative estimate of drug-likeness (QED) is 0.515. The molecule has 0 saturated heterocycles. The zero-order valence-electron chi connectivity index (χ0n) is 13.6. The van der Waals surface area contributed by atoms with Crippen LogP contribution in [0.1, 0.15) is 32.5 Å². The molecule has 0 aliphatic heterocycles. The molecular weight excluding hydrogens is 308 g/mol. The van der Waals surface area contributed by atoms with Crippen molar-refractivity contribution in [3.8, 4) is 11.8 Å². The van der Waals surface area contributed by atoms with Crippen LogP contribution in [0.2, 0.25) is 0 Å². The van der Waals surface area contributed by atoms with Crippen LogP contribution in [-0.2, 0) is 13.2 Å². The van der Waals surface area contributed by atoms with E-state index in [4.69, 9.17) is 10.00 Å². The molecule has 0 spiro atoms. The maximum absolute atomic E-state index is 8.68. The van der Waals surface area contributed by atoms with Gasteiger partial charge in [0.2, 0.25) is 0 Å². The van der Waals surface area contributed by atoms with Gasteiger partial charge in [-0.1, -0.05) is 43.8 Å². The summed E-state index contributed by atoms with van der Waals surface area (Å²) in [7, 11) is 0.